The van der Waals surface area contributed by atoms with Crippen LogP contribution in [0.4, 0.5) is 4.39 Å². The van der Waals surface area contributed by atoms with Crippen molar-refractivity contribution in [1.82, 2.24) is 10.2 Å². The largest absolute Gasteiger partial charge is 0.496 e. The molecular formula is C20H23FN2O2. The van der Waals surface area contributed by atoms with Gasteiger partial charge in [0.15, 0.2) is 0 Å². The van der Waals surface area contributed by atoms with Crippen molar-refractivity contribution in [3.8, 4) is 5.75 Å². The van der Waals surface area contributed by atoms with Gasteiger partial charge < -0.3 is 10.1 Å². The van der Waals surface area contributed by atoms with Crippen molar-refractivity contribution in [2.24, 2.45) is 0 Å². The third-order valence-corrected chi connectivity index (χ3v) is 4.65. The fourth-order valence-corrected chi connectivity index (χ4v) is 3.36. The van der Waals surface area contributed by atoms with E-state index in [-0.39, 0.29) is 11.6 Å². The van der Waals surface area contributed by atoms with E-state index in [4.69, 9.17) is 4.74 Å². The lowest BCUT2D eigenvalue weighted by Gasteiger charge is -2.29. The second kappa shape index (κ2) is 8.12. The topological polar surface area (TPSA) is 41.6 Å². The van der Waals surface area contributed by atoms with E-state index < -0.39 is 11.7 Å². The molecule has 5 heteroatoms. The van der Waals surface area contributed by atoms with Crippen molar-refractivity contribution in [3.05, 3.63) is 65.5 Å². The molecule has 0 unspecified atom stereocenters. The molecule has 1 aliphatic heterocycles. The van der Waals surface area contributed by atoms with E-state index in [9.17, 15) is 9.18 Å². The summed E-state index contributed by atoms with van der Waals surface area (Å²) in [5.41, 5.74) is 1.11. The summed E-state index contributed by atoms with van der Waals surface area (Å²) in [5, 5.41) is 2.89. The molecule has 0 radical (unpaired) electrons. The number of rotatable bonds is 6. The SMILES string of the molecule is COc1ccccc1[C@@H](CNC(=O)c1ccccc1F)N1CCCC1. The molecule has 2 aromatic carbocycles. The normalized spacial score (nSPS) is 15.8. The number of para-hydroxylation sites is 1. The van der Waals surface area contributed by atoms with E-state index >= 15 is 0 Å². The van der Waals surface area contributed by atoms with Gasteiger partial charge in [-0.15, -0.1) is 0 Å². The van der Waals surface area contributed by atoms with Crippen molar-refractivity contribution in [1.29, 1.82) is 0 Å². The predicted octanol–water partition coefficient (Wildman–Crippen LogP) is 3.40. The predicted molar refractivity (Wildman–Crippen MR) is 95.3 cm³/mol. The Kier molecular flexibility index (Phi) is 5.66. The highest BCUT2D eigenvalue weighted by Gasteiger charge is 2.26. The molecule has 0 saturated carbocycles. The minimum Gasteiger partial charge on any atom is -0.496 e. The Morgan fingerprint density at radius 2 is 1.84 bits per heavy atom. The molecule has 1 amide bonds. The van der Waals surface area contributed by atoms with Gasteiger partial charge in [-0.05, 0) is 44.1 Å². The van der Waals surface area contributed by atoms with Crippen LogP contribution in [0.5, 0.6) is 5.75 Å². The van der Waals surface area contributed by atoms with Gasteiger partial charge in [-0.1, -0.05) is 30.3 Å². The highest BCUT2D eigenvalue weighted by molar-refractivity contribution is 5.94. The van der Waals surface area contributed by atoms with Gasteiger partial charge in [0.05, 0.1) is 18.7 Å². The van der Waals surface area contributed by atoms with Crippen LogP contribution in [0.2, 0.25) is 0 Å². The van der Waals surface area contributed by atoms with Crippen molar-refractivity contribution < 1.29 is 13.9 Å². The quantitative estimate of drug-likeness (QED) is 0.875. The van der Waals surface area contributed by atoms with E-state index in [1.807, 2.05) is 24.3 Å². The van der Waals surface area contributed by atoms with Gasteiger partial charge in [-0.25, -0.2) is 4.39 Å². The summed E-state index contributed by atoms with van der Waals surface area (Å²) in [6, 6.07) is 13.9. The third kappa shape index (κ3) is 3.99. The van der Waals surface area contributed by atoms with Crippen LogP contribution < -0.4 is 10.1 Å². The fraction of sp³-hybridized carbons (Fsp3) is 0.350. The molecule has 1 heterocycles. The van der Waals surface area contributed by atoms with E-state index in [0.717, 1.165) is 37.2 Å². The summed E-state index contributed by atoms with van der Waals surface area (Å²) < 4.78 is 19.3. The van der Waals surface area contributed by atoms with E-state index in [1.54, 1.807) is 19.2 Å². The average molecular weight is 342 g/mol. The van der Waals surface area contributed by atoms with Gasteiger partial charge in [0.1, 0.15) is 11.6 Å². The monoisotopic (exact) mass is 342 g/mol. The Morgan fingerprint density at radius 1 is 1.16 bits per heavy atom. The zero-order chi connectivity index (χ0) is 17.6. The highest BCUT2D eigenvalue weighted by Crippen LogP contribution is 2.31. The molecule has 0 aliphatic carbocycles. The smallest absolute Gasteiger partial charge is 0.254 e. The molecule has 1 aliphatic rings. The first kappa shape index (κ1) is 17.4. The molecule has 2 aromatic rings. The van der Waals surface area contributed by atoms with Crippen LogP contribution in [0.15, 0.2) is 48.5 Å². The number of hydrogen-bond acceptors (Lipinski definition) is 3. The first-order valence-electron chi connectivity index (χ1n) is 8.60. The van der Waals surface area contributed by atoms with Crippen LogP contribution >= 0.6 is 0 Å². The van der Waals surface area contributed by atoms with E-state index in [1.165, 1.54) is 12.1 Å². The Bertz CT molecular complexity index is 729. The van der Waals surface area contributed by atoms with Crippen LogP contribution in [0, 0.1) is 5.82 Å². The van der Waals surface area contributed by atoms with E-state index in [2.05, 4.69) is 10.2 Å². The summed E-state index contributed by atoms with van der Waals surface area (Å²) in [4.78, 5) is 14.7. The van der Waals surface area contributed by atoms with Gasteiger partial charge in [-0.3, -0.25) is 9.69 Å². The number of methoxy groups -OCH3 is 1. The maximum Gasteiger partial charge on any atom is 0.254 e. The van der Waals surface area contributed by atoms with Gasteiger partial charge in [0.2, 0.25) is 0 Å². The molecule has 1 fully saturated rings. The number of hydrogen-bond donors (Lipinski definition) is 1. The molecule has 3 rings (SSSR count). The van der Waals surface area contributed by atoms with Crippen LogP contribution in [0.1, 0.15) is 34.8 Å². The molecule has 1 N–H and O–H groups in total. The number of likely N-dealkylation sites (tertiary alicyclic amines) is 1. The number of nitrogens with zero attached hydrogens (tertiary/aromatic N) is 1. The van der Waals surface area contributed by atoms with Gasteiger partial charge >= 0.3 is 0 Å². The molecular weight excluding hydrogens is 319 g/mol. The van der Waals surface area contributed by atoms with Crippen LogP contribution in [-0.2, 0) is 0 Å². The van der Waals surface area contributed by atoms with Crippen LogP contribution in [0.25, 0.3) is 0 Å². The Morgan fingerprint density at radius 3 is 2.56 bits per heavy atom. The Labute approximate surface area is 147 Å². The summed E-state index contributed by atoms with van der Waals surface area (Å²) in [6.45, 7) is 2.38. The first-order valence-corrected chi connectivity index (χ1v) is 8.60. The molecule has 0 aromatic heterocycles. The summed E-state index contributed by atoms with van der Waals surface area (Å²) in [6.07, 6.45) is 2.29. The number of amides is 1. The second-order valence-electron chi connectivity index (χ2n) is 6.19. The van der Waals surface area contributed by atoms with Crippen molar-refractivity contribution >= 4 is 5.91 Å². The van der Waals surface area contributed by atoms with Crippen LogP contribution in [0.3, 0.4) is 0 Å². The molecule has 0 bridgehead atoms. The summed E-state index contributed by atoms with van der Waals surface area (Å²) in [5.74, 6) is -0.0910. The zero-order valence-electron chi connectivity index (χ0n) is 14.4. The molecule has 132 valence electrons. The Balaban J connectivity index is 1.79. The maximum atomic E-state index is 13.8. The number of carbonyl (C=O) groups excluding carboxylic acids is 1. The molecule has 25 heavy (non-hydrogen) atoms. The van der Waals surface area contributed by atoms with Crippen molar-refractivity contribution in [2.45, 2.75) is 18.9 Å². The van der Waals surface area contributed by atoms with E-state index in [0.29, 0.717) is 6.54 Å². The summed E-state index contributed by atoms with van der Waals surface area (Å²) >= 11 is 0. The van der Waals surface area contributed by atoms with Gasteiger partial charge in [-0.2, -0.15) is 0 Å². The average Bonchev–Trinajstić information content (AvgIpc) is 3.17. The highest BCUT2D eigenvalue weighted by atomic mass is 19.1. The molecule has 4 nitrogen and oxygen atoms in total. The lowest BCUT2D eigenvalue weighted by Crippen LogP contribution is -2.37. The number of ether oxygens (including phenoxy) is 1. The van der Waals surface area contributed by atoms with Crippen molar-refractivity contribution in [2.75, 3.05) is 26.7 Å². The molecule has 1 saturated heterocycles. The van der Waals surface area contributed by atoms with Crippen molar-refractivity contribution in [3.63, 3.8) is 0 Å². The standard InChI is InChI=1S/C20H23FN2O2/c1-25-19-11-5-3-9-16(19)18(23-12-6-7-13-23)14-22-20(24)15-8-2-4-10-17(15)21/h2-5,8-11,18H,6-7,12-14H2,1H3,(H,22,24)/t18-/m1/s1. The molecule has 0 spiro atoms. The third-order valence-electron chi connectivity index (χ3n) is 4.65. The Hall–Kier alpha value is -2.40. The first-order chi connectivity index (χ1) is 12.2. The molecule has 1 atom stereocenters. The second-order valence-corrected chi connectivity index (χ2v) is 6.19. The minimum atomic E-state index is -0.505. The number of carbonyl (C=O) groups is 1. The lowest BCUT2D eigenvalue weighted by atomic mass is 10.0. The minimum absolute atomic E-state index is 0.00868. The van der Waals surface area contributed by atoms with Gasteiger partial charge in [0, 0.05) is 12.1 Å². The lowest BCUT2D eigenvalue weighted by molar-refractivity contribution is 0.0933. The zero-order valence-corrected chi connectivity index (χ0v) is 14.4. The maximum absolute atomic E-state index is 13.8. The fourth-order valence-electron chi connectivity index (χ4n) is 3.36. The van der Waals surface area contributed by atoms with Crippen LogP contribution in [-0.4, -0.2) is 37.6 Å². The summed E-state index contributed by atoms with van der Waals surface area (Å²) in [7, 11) is 1.65. The number of halogens is 1. The van der Waals surface area contributed by atoms with Gasteiger partial charge in [0.25, 0.3) is 5.91 Å². The number of benzene rings is 2. The number of nitrogens with one attached hydrogen (secondary N) is 1.